The summed E-state index contributed by atoms with van der Waals surface area (Å²) in [6.07, 6.45) is -0.187. The molecule has 2 aromatic rings. The molecule has 0 aromatic heterocycles. The van der Waals surface area contributed by atoms with E-state index in [1.807, 2.05) is 6.92 Å². The molecule has 0 atom stereocenters. The second-order valence-electron chi connectivity index (χ2n) is 6.39. The number of aryl methyl sites for hydroxylation is 1. The summed E-state index contributed by atoms with van der Waals surface area (Å²) in [6, 6.07) is 9.31. The van der Waals surface area contributed by atoms with Crippen LogP contribution in [0.4, 0.5) is 18.9 Å². The summed E-state index contributed by atoms with van der Waals surface area (Å²) in [6.45, 7) is 1.86. The lowest BCUT2D eigenvalue weighted by Crippen LogP contribution is -2.14. The molecule has 0 unspecified atom stereocenters. The smallest absolute Gasteiger partial charge is 0.404 e. The van der Waals surface area contributed by atoms with Gasteiger partial charge >= 0.3 is 6.18 Å². The van der Waals surface area contributed by atoms with Gasteiger partial charge in [-0.15, -0.1) is 0 Å². The fourth-order valence-corrected chi connectivity index (χ4v) is 2.77. The quantitative estimate of drug-likeness (QED) is 0.708. The lowest BCUT2D eigenvalue weighted by atomic mass is 10.00. The highest BCUT2D eigenvalue weighted by molar-refractivity contribution is 6.39. The number of hydrogen-bond acceptors (Lipinski definition) is 4. The van der Waals surface area contributed by atoms with Gasteiger partial charge in [-0.3, -0.25) is 15.2 Å². The van der Waals surface area contributed by atoms with Crippen molar-refractivity contribution in [1.29, 1.82) is 5.41 Å². The highest BCUT2D eigenvalue weighted by Crippen LogP contribution is 2.30. The zero-order valence-electron chi connectivity index (χ0n) is 15.3. The monoisotopic (exact) mass is 398 g/mol. The van der Waals surface area contributed by atoms with Gasteiger partial charge in [-0.2, -0.15) is 13.2 Å². The molecule has 0 aliphatic carbocycles. The predicted molar refractivity (Wildman–Crippen MR) is 107 cm³/mol. The Morgan fingerprint density at radius 2 is 1.97 bits per heavy atom. The first-order chi connectivity index (χ1) is 13.7. The van der Waals surface area contributed by atoms with Crippen molar-refractivity contribution in [3.8, 4) is 0 Å². The molecule has 8 heteroatoms. The second-order valence-corrected chi connectivity index (χ2v) is 6.39. The van der Waals surface area contributed by atoms with Gasteiger partial charge < -0.3 is 11.1 Å². The minimum absolute atomic E-state index is 0.0985. The van der Waals surface area contributed by atoms with Crippen LogP contribution in [-0.2, 0) is 6.18 Å². The minimum atomic E-state index is -4.53. The maximum absolute atomic E-state index is 12.9. The molecule has 3 rings (SSSR count). The number of nitrogens with one attached hydrogen (secondary N) is 2. The Morgan fingerprint density at radius 3 is 2.66 bits per heavy atom. The SMILES string of the molecule is Cc1ccc(NC(=O)c2cccc(C(F)(F)F)c2)cc1C1=C/C(=C/N)C(=N)C=N1. The zero-order chi connectivity index (χ0) is 21.2. The maximum Gasteiger partial charge on any atom is 0.416 e. The van der Waals surface area contributed by atoms with E-state index in [1.54, 1.807) is 24.3 Å². The van der Waals surface area contributed by atoms with Crippen LogP contribution in [0.25, 0.3) is 5.70 Å². The summed E-state index contributed by atoms with van der Waals surface area (Å²) in [4.78, 5) is 16.7. The molecule has 0 radical (unpaired) electrons. The first-order valence-electron chi connectivity index (χ1n) is 8.55. The van der Waals surface area contributed by atoms with Gasteiger partial charge in [-0.1, -0.05) is 12.1 Å². The van der Waals surface area contributed by atoms with Gasteiger partial charge in [0.1, 0.15) is 0 Å². The van der Waals surface area contributed by atoms with Crippen LogP contribution in [0.5, 0.6) is 0 Å². The van der Waals surface area contributed by atoms with Crippen LogP contribution in [0.1, 0.15) is 27.0 Å². The number of nitrogens with zero attached hydrogens (tertiary/aromatic N) is 1. The number of nitrogens with two attached hydrogens (primary N) is 1. The van der Waals surface area contributed by atoms with E-state index in [9.17, 15) is 18.0 Å². The topological polar surface area (TPSA) is 91.3 Å². The number of hydrogen-bond donors (Lipinski definition) is 3. The molecular formula is C21H17F3N4O. The third-order valence-corrected chi connectivity index (χ3v) is 4.34. The summed E-state index contributed by atoms with van der Waals surface area (Å²) in [5.74, 6) is -0.656. The predicted octanol–water partition coefficient (Wildman–Crippen LogP) is 4.55. The Hall–Kier alpha value is -3.68. The number of halogens is 3. The van der Waals surface area contributed by atoms with Crippen molar-refractivity contribution < 1.29 is 18.0 Å². The van der Waals surface area contributed by atoms with E-state index in [2.05, 4.69) is 10.3 Å². The van der Waals surface area contributed by atoms with E-state index < -0.39 is 17.6 Å². The van der Waals surface area contributed by atoms with E-state index in [4.69, 9.17) is 11.1 Å². The molecule has 0 spiro atoms. The second kappa shape index (κ2) is 7.75. The summed E-state index contributed by atoms with van der Waals surface area (Å²) < 4.78 is 38.6. The molecule has 29 heavy (non-hydrogen) atoms. The summed E-state index contributed by atoms with van der Waals surface area (Å²) in [5.41, 5.74) is 7.77. The molecule has 1 aliphatic heterocycles. The van der Waals surface area contributed by atoms with Crippen LogP contribution in [0, 0.1) is 12.3 Å². The van der Waals surface area contributed by atoms with Crippen LogP contribution >= 0.6 is 0 Å². The molecule has 1 aliphatic rings. The van der Waals surface area contributed by atoms with E-state index in [1.165, 1.54) is 24.5 Å². The fraction of sp³-hybridized carbons (Fsp3) is 0.0952. The number of rotatable bonds is 3. The van der Waals surface area contributed by atoms with Crippen LogP contribution in [-0.4, -0.2) is 17.8 Å². The third-order valence-electron chi connectivity index (χ3n) is 4.34. The molecule has 0 saturated heterocycles. The summed E-state index contributed by atoms with van der Waals surface area (Å²) in [5, 5.41) is 10.4. The fourth-order valence-electron chi connectivity index (χ4n) is 2.77. The van der Waals surface area contributed by atoms with Crippen molar-refractivity contribution in [2.75, 3.05) is 5.32 Å². The van der Waals surface area contributed by atoms with E-state index in [-0.39, 0.29) is 11.3 Å². The zero-order valence-corrected chi connectivity index (χ0v) is 15.3. The summed E-state index contributed by atoms with van der Waals surface area (Å²) >= 11 is 0. The maximum atomic E-state index is 12.9. The molecule has 2 aromatic carbocycles. The number of carbonyl (C=O) groups is 1. The first kappa shape index (κ1) is 20.1. The van der Waals surface area contributed by atoms with Crippen molar-refractivity contribution in [2.24, 2.45) is 10.7 Å². The molecule has 5 nitrogen and oxygen atoms in total. The largest absolute Gasteiger partial charge is 0.416 e. The van der Waals surface area contributed by atoms with Gasteiger partial charge in [0.15, 0.2) is 0 Å². The van der Waals surface area contributed by atoms with Gasteiger partial charge in [0.25, 0.3) is 5.91 Å². The van der Waals surface area contributed by atoms with Crippen LogP contribution in [0.2, 0.25) is 0 Å². The molecular weight excluding hydrogens is 381 g/mol. The van der Waals surface area contributed by atoms with E-state index >= 15 is 0 Å². The molecule has 1 amide bonds. The van der Waals surface area contributed by atoms with Crippen LogP contribution in [0.3, 0.4) is 0 Å². The van der Waals surface area contributed by atoms with Crippen LogP contribution in [0.15, 0.2) is 65.3 Å². The number of amides is 1. The Balaban J connectivity index is 1.89. The van der Waals surface area contributed by atoms with Gasteiger partial charge in [-0.25, -0.2) is 0 Å². The molecule has 4 N–H and O–H groups in total. The molecule has 0 bridgehead atoms. The van der Waals surface area contributed by atoms with Crippen molar-refractivity contribution in [3.63, 3.8) is 0 Å². The van der Waals surface area contributed by atoms with E-state index in [0.717, 1.165) is 17.7 Å². The Morgan fingerprint density at radius 1 is 1.21 bits per heavy atom. The number of benzene rings is 2. The first-order valence-corrected chi connectivity index (χ1v) is 8.55. The Bertz CT molecular complexity index is 1080. The molecule has 0 saturated carbocycles. The average Bonchev–Trinajstić information content (AvgIpc) is 2.69. The van der Waals surface area contributed by atoms with Gasteiger partial charge in [0.2, 0.25) is 0 Å². The van der Waals surface area contributed by atoms with Gasteiger partial charge in [-0.05, 0) is 48.9 Å². The Labute approximate surface area is 165 Å². The Kier molecular flexibility index (Phi) is 5.36. The third kappa shape index (κ3) is 4.43. The van der Waals surface area contributed by atoms with Crippen molar-refractivity contribution >= 4 is 29.2 Å². The van der Waals surface area contributed by atoms with Gasteiger partial charge in [0.05, 0.1) is 23.2 Å². The minimum Gasteiger partial charge on any atom is -0.404 e. The highest BCUT2D eigenvalue weighted by Gasteiger charge is 2.30. The van der Waals surface area contributed by atoms with Crippen LogP contribution < -0.4 is 11.1 Å². The standard InChI is InChI=1S/C21H17F3N4O/c1-12-5-6-16(9-17(12)19-8-14(10-25)18(26)11-27-19)28-20(29)13-3-2-4-15(7-13)21(22,23)24/h2-11,26H,25H2,1H3,(H,28,29)/b14-10-,26-18?. The number of carbonyl (C=O) groups excluding carboxylic acids is 1. The molecule has 1 heterocycles. The van der Waals surface area contributed by atoms with E-state index in [0.29, 0.717) is 22.5 Å². The number of allylic oxidation sites excluding steroid dienone is 2. The number of aliphatic imine (C=N–C) groups is 1. The number of alkyl halides is 3. The number of anilines is 1. The summed E-state index contributed by atoms with van der Waals surface area (Å²) in [7, 11) is 0. The highest BCUT2D eigenvalue weighted by atomic mass is 19.4. The normalized spacial score (nSPS) is 15.4. The van der Waals surface area contributed by atoms with Gasteiger partial charge in [0, 0.05) is 28.6 Å². The van der Waals surface area contributed by atoms with Crippen molar-refractivity contribution in [3.05, 3.63) is 82.6 Å². The average molecular weight is 398 g/mol. The molecule has 148 valence electrons. The lowest BCUT2D eigenvalue weighted by Gasteiger charge is -2.14. The van der Waals surface area contributed by atoms with Crippen molar-refractivity contribution in [2.45, 2.75) is 13.1 Å². The molecule has 0 fully saturated rings. The van der Waals surface area contributed by atoms with Crippen molar-refractivity contribution in [1.82, 2.24) is 0 Å². The lowest BCUT2D eigenvalue weighted by molar-refractivity contribution is -0.137.